The average molecular weight is 225 g/mol. The highest BCUT2D eigenvalue weighted by Crippen LogP contribution is 2.09. The van der Waals surface area contributed by atoms with E-state index in [4.69, 9.17) is 11.6 Å². The Kier molecular flexibility index (Phi) is 5.41. The van der Waals surface area contributed by atoms with Crippen molar-refractivity contribution in [3.63, 3.8) is 0 Å². The number of aryl methyl sites for hydroxylation is 1. The highest BCUT2D eigenvalue weighted by atomic mass is 35.5. The molecule has 0 bridgehead atoms. The van der Waals surface area contributed by atoms with Crippen molar-refractivity contribution in [2.45, 2.75) is 32.6 Å². The van der Waals surface area contributed by atoms with Crippen LogP contribution in [0.2, 0.25) is 0 Å². The molecule has 1 aromatic rings. The molecule has 0 N–H and O–H groups in total. The third kappa shape index (κ3) is 4.48. The number of ketones is 1. The Hall–Kier alpha value is -0.820. The van der Waals surface area contributed by atoms with Crippen molar-refractivity contribution in [2.24, 2.45) is 0 Å². The predicted octanol–water partition coefficient (Wildman–Crippen LogP) is 3.84. The summed E-state index contributed by atoms with van der Waals surface area (Å²) in [4.78, 5) is 11.0. The number of hydrogen-bond acceptors (Lipinski definition) is 1. The van der Waals surface area contributed by atoms with E-state index in [1.54, 1.807) is 6.92 Å². The third-order valence-electron chi connectivity index (χ3n) is 2.46. The monoisotopic (exact) mass is 224 g/mol. The van der Waals surface area contributed by atoms with Crippen LogP contribution in [0.3, 0.4) is 0 Å². The van der Waals surface area contributed by atoms with Gasteiger partial charge in [0.15, 0.2) is 5.78 Å². The molecule has 0 unspecified atom stereocenters. The number of carbonyl (C=O) groups excluding carboxylic acids is 1. The van der Waals surface area contributed by atoms with E-state index in [-0.39, 0.29) is 5.78 Å². The number of benzene rings is 1. The van der Waals surface area contributed by atoms with Gasteiger partial charge >= 0.3 is 0 Å². The standard InChI is InChI=1S/C13H17ClO/c1-11(15)13-8-6-12(7-9-13)5-3-2-4-10-14/h6-9H,2-5,10H2,1H3. The van der Waals surface area contributed by atoms with E-state index >= 15 is 0 Å². The number of carbonyl (C=O) groups is 1. The van der Waals surface area contributed by atoms with Crippen LogP contribution in [0.5, 0.6) is 0 Å². The zero-order valence-electron chi connectivity index (χ0n) is 9.13. The fraction of sp³-hybridized carbons (Fsp3) is 0.462. The molecule has 0 aromatic heterocycles. The Morgan fingerprint density at radius 3 is 2.33 bits per heavy atom. The number of Topliss-reactive ketones (excluding diaryl/α,β-unsaturated/α-hetero) is 1. The van der Waals surface area contributed by atoms with E-state index in [9.17, 15) is 4.79 Å². The molecule has 0 saturated carbocycles. The molecule has 0 fully saturated rings. The van der Waals surface area contributed by atoms with Crippen molar-refractivity contribution in [1.29, 1.82) is 0 Å². The molecule has 0 heterocycles. The van der Waals surface area contributed by atoms with Crippen LogP contribution in [0.4, 0.5) is 0 Å². The Morgan fingerprint density at radius 1 is 1.13 bits per heavy atom. The minimum atomic E-state index is 0.128. The van der Waals surface area contributed by atoms with E-state index in [2.05, 4.69) is 0 Å². The van der Waals surface area contributed by atoms with Crippen molar-refractivity contribution in [3.8, 4) is 0 Å². The van der Waals surface area contributed by atoms with Gasteiger partial charge in [0.2, 0.25) is 0 Å². The molecule has 0 aliphatic heterocycles. The first kappa shape index (κ1) is 12.3. The lowest BCUT2D eigenvalue weighted by Crippen LogP contribution is -1.92. The molecule has 1 aromatic carbocycles. The number of halogens is 1. The first-order chi connectivity index (χ1) is 7.24. The van der Waals surface area contributed by atoms with Crippen molar-refractivity contribution >= 4 is 17.4 Å². The average Bonchev–Trinajstić information content (AvgIpc) is 2.25. The molecular formula is C13H17ClO. The topological polar surface area (TPSA) is 17.1 Å². The van der Waals surface area contributed by atoms with E-state index in [1.807, 2.05) is 24.3 Å². The Morgan fingerprint density at radius 2 is 1.80 bits per heavy atom. The molecule has 15 heavy (non-hydrogen) atoms. The fourth-order valence-electron chi connectivity index (χ4n) is 1.51. The molecule has 0 atom stereocenters. The molecule has 2 heteroatoms. The highest BCUT2D eigenvalue weighted by molar-refractivity contribution is 6.17. The van der Waals surface area contributed by atoms with Gasteiger partial charge in [-0.2, -0.15) is 0 Å². The lowest BCUT2D eigenvalue weighted by molar-refractivity contribution is 0.101. The van der Waals surface area contributed by atoms with Gasteiger partial charge in [-0.25, -0.2) is 0 Å². The van der Waals surface area contributed by atoms with Gasteiger partial charge in [-0.15, -0.1) is 11.6 Å². The lowest BCUT2D eigenvalue weighted by Gasteiger charge is -2.01. The van der Waals surface area contributed by atoms with Gasteiger partial charge in [-0.3, -0.25) is 4.79 Å². The van der Waals surface area contributed by atoms with Crippen LogP contribution in [-0.2, 0) is 6.42 Å². The second kappa shape index (κ2) is 6.62. The number of unbranched alkanes of at least 4 members (excludes halogenated alkanes) is 2. The van der Waals surface area contributed by atoms with Crippen molar-refractivity contribution < 1.29 is 4.79 Å². The van der Waals surface area contributed by atoms with Gasteiger partial charge in [-0.05, 0) is 31.7 Å². The maximum Gasteiger partial charge on any atom is 0.159 e. The molecule has 1 nitrogen and oxygen atoms in total. The number of rotatable bonds is 6. The minimum Gasteiger partial charge on any atom is -0.295 e. The second-order valence-electron chi connectivity index (χ2n) is 3.75. The van der Waals surface area contributed by atoms with Gasteiger partial charge in [0, 0.05) is 11.4 Å². The number of alkyl halides is 1. The summed E-state index contributed by atoms with van der Waals surface area (Å²) in [7, 11) is 0. The van der Waals surface area contributed by atoms with Gasteiger partial charge in [0.05, 0.1) is 0 Å². The lowest BCUT2D eigenvalue weighted by atomic mass is 10.0. The minimum absolute atomic E-state index is 0.128. The number of hydrogen-bond donors (Lipinski definition) is 0. The summed E-state index contributed by atoms with van der Waals surface area (Å²) in [6.45, 7) is 1.59. The van der Waals surface area contributed by atoms with Gasteiger partial charge < -0.3 is 0 Å². The first-order valence-electron chi connectivity index (χ1n) is 5.40. The first-order valence-corrected chi connectivity index (χ1v) is 5.93. The van der Waals surface area contributed by atoms with Gasteiger partial charge in [-0.1, -0.05) is 30.7 Å². The third-order valence-corrected chi connectivity index (χ3v) is 2.73. The molecule has 0 radical (unpaired) electrons. The summed E-state index contributed by atoms with van der Waals surface area (Å²) in [6.07, 6.45) is 4.52. The Labute approximate surface area is 96.5 Å². The van der Waals surface area contributed by atoms with Crippen LogP contribution >= 0.6 is 11.6 Å². The quantitative estimate of drug-likeness (QED) is 0.408. The molecule has 0 aliphatic carbocycles. The summed E-state index contributed by atoms with van der Waals surface area (Å²) in [5.41, 5.74) is 2.09. The van der Waals surface area contributed by atoms with Gasteiger partial charge in [0.1, 0.15) is 0 Å². The van der Waals surface area contributed by atoms with E-state index in [1.165, 1.54) is 18.4 Å². The smallest absolute Gasteiger partial charge is 0.159 e. The second-order valence-corrected chi connectivity index (χ2v) is 4.13. The molecular weight excluding hydrogens is 208 g/mol. The highest BCUT2D eigenvalue weighted by Gasteiger charge is 1.98. The predicted molar refractivity (Wildman–Crippen MR) is 64.7 cm³/mol. The normalized spacial score (nSPS) is 10.3. The van der Waals surface area contributed by atoms with Crippen LogP contribution in [0.25, 0.3) is 0 Å². The summed E-state index contributed by atoms with van der Waals surface area (Å²) in [5.74, 6) is 0.882. The fourth-order valence-corrected chi connectivity index (χ4v) is 1.70. The van der Waals surface area contributed by atoms with E-state index < -0.39 is 0 Å². The molecule has 1 rings (SSSR count). The van der Waals surface area contributed by atoms with Crippen molar-refractivity contribution in [1.82, 2.24) is 0 Å². The summed E-state index contributed by atoms with van der Waals surface area (Å²) < 4.78 is 0. The van der Waals surface area contributed by atoms with E-state index in [0.29, 0.717) is 0 Å². The SMILES string of the molecule is CC(=O)c1ccc(CCCCCCl)cc1. The molecule has 82 valence electrons. The Bertz CT molecular complexity index is 303. The summed E-state index contributed by atoms with van der Waals surface area (Å²) >= 11 is 5.60. The molecule has 0 amide bonds. The zero-order chi connectivity index (χ0) is 11.1. The van der Waals surface area contributed by atoms with Crippen LogP contribution in [-0.4, -0.2) is 11.7 Å². The maximum absolute atomic E-state index is 11.0. The summed E-state index contributed by atoms with van der Waals surface area (Å²) in [5, 5.41) is 0. The van der Waals surface area contributed by atoms with Gasteiger partial charge in [0.25, 0.3) is 0 Å². The van der Waals surface area contributed by atoms with Crippen molar-refractivity contribution in [2.75, 3.05) is 5.88 Å². The van der Waals surface area contributed by atoms with Crippen LogP contribution in [0.15, 0.2) is 24.3 Å². The molecule has 0 spiro atoms. The molecule has 0 aliphatic rings. The van der Waals surface area contributed by atoms with Crippen LogP contribution in [0.1, 0.15) is 42.1 Å². The largest absolute Gasteiger partial charge is 0.295 e. The van der Waals surface area contributed by atoms with Crippen molar-refractivity contribution in [3.05, 3.63) is 35.4 Å². The van der Waals surface area contributed by atoms with E-state index in [0.717, 1.165) is 24.3 Å². The zero-order valence-corrected chi connectivity index (χ0v) is 9.89. The van der Waals surface area contributed by atoms with Crippen LogP contribution in [0, 0.1) is 0 Å². The van der Waals surface area contributed by atoms with Crippen LogP contribution < -0.4 is 0 Å². The molecule has 0 saturated heterocycles. The summed E-state index contributed by atoms with van der Waals surface area (Å²) in [6, 6.07) is 7.88. The maximum atomic E-state index is 11.0. The Balaban J connectivity index is 2.39.